The molecule has 4 heterocycles. The largest absolute Gasteiger partial charge is 0.379 e. The molecule has 9 heteroatoms. The van der Waals surface area contributed by atoms with Gasteiger partial charge in [-0.05, 0) is 26.0 Å². The Labute approximate surface area is 149 Å². The van der Waals surface area contributed by atoms with Crippen molar-refractivity contribution in [2.24, 2.45) is 5.92 Å². The molecule has 26 heavy (non-hydrogen) atoms. The Hall–Kier alpha value is -2.94. The maximum atomic E-state index is 12.5. The first kappa shape index (κ1) is 16.5. The van der Waals surface area contributed by atoms with Gasteiger partial charge in [-0.1, -0.05) is 5.16 Å². The van der Waals surface area contributed by atoms with Crippen LogP contribution in [0.15, 0.2) is 28.9 Å². The Kier molecular flexibility index (Phi) is 4.29. The van der Waals surface area contributed by atoms with Crippen molar-refractivity contribution in [3.05, 3.63) is 41.7 Å². The molecule has 0 saturated carbocycles. The van der Waals surface area contributed by atoms with Crippen LogP contribution in [-0.4, -0.2) is 45.0 Å². The molecule has 0 radical (unpaired) electrons. The summed E-state index contributed by atoms with van der Waals surface area (Å²) >= 11 is 0. The maximum absolute atomic E-state index is 12.5. The number of amides is 2. The summed E-state index contributed by atoms with van der Waals surface area (Å²) in [5.41, 5.74) is 2.06. The van der Waals surface area contributed by atoms with E-state index in [0.717, 1.165) is 11.5 Å². The minimum atomic E-state index is -0.298. The fourth-order valence-corrected chi connectivity index (χ4v) is 3.17. The predicted octanol–water partition coefficient (Wildman–Crippen LogP) is 1.71. The number of pyridine rings is 1. The minimum Gasteiger partial charge on any atom is -0.379 e. The van der Waals surface area contributed by atoms with Gasteiger partial charge in [-0.25, -0.2) is 14.3 Å². The fraction of sp³-hybridized carbons (Fsp3) is 0.412. The van der Waals surface area contributed by atoms with Gasteiger partial charge in [0.25, 0.3) is 0 Å². The zero-order valence-electron chi connectivity index (χ0n) is 14.6. The van der Waals surface area contributed by atoms with Gasteiger partial charge in [0.15, 0.2) is 5.65 Å². The summed E-state index contributed by atoms with van der Waals surface area (Å²) in [6.45, 7) is 4.74. The Morgan fingerprint density at radius 2 is 2.27 bits per heavy atom. The molecule has 1 saturated heterocycles. The zero-order chi connectivity index (χ0) is 18.1. The lowest BCUT2D eigenvalue weighted by molar-refractivity contribution is 0.181. The third-order valence-corrected chi connectivity index (χ3v) is 4.37. The number of aromatic nitrogens is 4. The smallest absolute Gasteiger partial charge is 0.319 e. The van der Waals surface area contributed by atoms with E-state index in [0.29, 0.717) is 36.8 Å². The minimum absolute atomic E-state index is 0.0975. The van der Waals surface area contributed by atoms with E-state index in [1.54, 1.807) is 16.8 Å². The van der Waals surface area contributed by atoms with E-state index in [4.69, 9.17) is 9.26 Å². The second kappa shape index (κ2) is 6.75. The lowest BCUT2D eigenvalue weighted by Gasteiger charge is -2.18. The molecule has 0 aromatic carbocycles. The highest BCUT2D eigenvalue weighted by atomic mass is 16.5. The van der Waals surface area contributed by atoms with Crippen LogP contribution in [0.2, 0.25) is 0 Å². The first-order valence-corrected chi connectivity index (χ1v) is 8.48. The summed E-state index contributed by atoms with van der Waals surface area (Å²) in [5.74, 6) is 1.58. The van der Waals surface area contributed by atoms with Crippen molar-refractivity contribution in [2.45, 2.75) is 26.3 Å². The summed E-state index contributed by atoms with van der Waals surface area (Å²) < 4.78 is 12.5. The summed E-state index contributed by atoms with van der Waals surface area (Å²) in [6.07, 6.45) is 2.46. The number of anilines is 1. The van der Waals surface area contributed by atoms with E-state index in [2.05, 4.69) is 25.9 Å². The topological polar surface area (TPSA) is 107 Å². The van der Waals surface area contributed by atoms with Crippen LogP contribution >= 0.6 is 0 Å². The average molecular weight is 356 g/mol. The molecule has 1 aliphatic rings. The first-order valence-electron chi connectivity index (χ1n) is 8.48. The molecule has 2 amide bonds. The van der Waals surface area contributed by atoms with Crippen molar-refractivity contribution in [1.29, 1.82) is 0 Å². The molecule has 3 aromatic heterocycles. The van der Waals surface area contributed by atoms with E-state index in [1.807, 2.05) is 26.0 Å². The Morgan fingerprint density at radius 1 is 1.38 bits per heavy atom. The Bertz CT molecular complexity index is 934. The molecule has 3 aromatic rings. The summed E-state index contributed by atoms with van der Waals surface area (Å²) in [4.78, 5) is 16.8. The number of ether oxygens (including phenoxy) is 1. The van der Waals surface area contributed by atoms with Crippen molar-refractivity contribution >= 4 is 17.4 Å². The van der Waals surface area contributed by atoms with Crippen LogP contribution in [0, 0.1) is 19.8 Å². The molecule has 1 fully saturated rings. The van der Waals surface area contributed by atoms with Crippen molar-refractivity contribution < 1.29 is 14.1 Å². The molecule has 4 rings (SSSR count). The van der Waals surface area contributed by atoms with Gasteiger partial charge in [0.2, 0.25) is 0 Å². The summed E-state index contributed by atoms with van der Waals surface area (Å²) in [5, 5.41) is 14.0. The number of carbonyl (C=O) groups is 1. The van der Waals surface area contributed by atoms with Crippen LogP contribution in [0.4, 0.5) is 10.5 Å². The molecular formula is C17H20N6O3. The number of hydrogen-bond acceptors (Lipinski definition) is 6. The van der Waals surface area contributed by atoms with Crippen molar-refractivity contribution in [3.8, 4) is 0 Å². The Morgan fingerprint density at radius 3 is 3.08 bits per heavy atom. The predicted molar refractivity (Wildman–Crippen MR) is 92.9 cm³/mol. The third kappa shape index (κ3) is 3.38. The zero-order valence-corrected chi connectivity index (χ0v) is 14.6. The van der Waals surface area contributed by atoms with Crippen molar-refractivity contribution in [2.75, 3.05) is 18.5 Å². The quantitative estimate of drug-likeness (QED) is 0.737. The summed E-state index contributed by atoms with van der Waals surface area (Å²) in [6, 6.07) is 5.12. The monoisotopic (exact) mass is 356 g/mol. The van der Waals surface area contributed by atoms with Crippen LogP contribution in [0.25, 0.3) is 5.65 Å². The van der Waals surface area contributed by atoms with Crippen molar-refractivity contribution in [1.82, 2.24) is 25.1 Å². The van der Waals surface area contributed by atoms with Gasteiger partial charge in [0, 0.05) is 24.6 Å². The highest BCUT2D eigenvalue weighted by molar-refractivity contribution is 5.93. The van der Waals surface area contributed by atoms with E-state index in [9.17, 15) is 4.79 Å². The third-order valence-electron chi connectivity index (χ3n) is 4.37. The first-order chi connectivity index (χ1) is 12.6. The lowest BCUT2D eigenvalue weighted by atomic mass is 9.98. The molecule has 0 aliphatic carbocycles. The van der Waals surface area contributed by atoms with Gasteiger partial charge in [-0.15, -0.1) is 0 Å². The van der Waals surface area contributed by atoms with Gasteiger partial charge < -0.3 is 19.9 Å². The second-order valence-electron chi connectivity index (χ2n) is 6.49. The Balaban J connectivity index is 1.42. The standard InChI is InChI=1S/C17H20N6O3/c1-10-6-13(26-22-10)7-12-8-25-9-15(12)20-17(24)19-14-4-3-5-23-16(14)18-11(2)21-23/h3-6,12,15H,7-9H2,1-2H3,(H2,19,20,24)/t12-,15+/m0/s1. The molecule has 0 spiro atoms. The van der Waals surface area contributed by atoms with Crippen LogP contribution in [0.5, 0.6) is 0 Å². The van der Waals surface area contributed by atoms with E-state index >= 15 is 0 Å². The van der Waals surface area contributed by atoms with Gasteiger partial charge in [0.05, 0.1) is 30.6 Å². The highest BCUT2D eigenvalue weighted by Gasteiger charge is 2.31. The van der Waals surface area contributed by atoms with Gasteiger partial charge in [0.1, 0.15) is 11.6 Å². The number of urea groups is 1. The van der Waals surface area contributed by atoms with E-state index < -0.39 is 0 Å². The maximum Gasteiger partial charge on any atom is 0.319 e. The number of nitrogens with one attached hydrogen (secondary N) is 2. The van der Waals surface area contributed by atoms with Crippen LogP contribution in [-0.2, 0) is 11.2 Å². The average Bonchev–Trinajstić information content (AvgIpc) is 3.29. The van der Waals surface area contributed by atoms with E-state index in [1.165, 1.54) is 0 Å². The van der Waals surface area contributed by atoms with E-state index in [-0.39, 0.29) is 18.0 Å². The number of hydrogen-bond donors (Lipinski definition) is 2. The van der Waals surface area contributed by atoms with Gasteiger partial charge >= 0.3 is 6.03 Å². The highest BCUT2D eigenvalue weighted by Crippen LogP contribution is 2.20. The molecule has 2 N–H and O–H groups in total. The number of aryl methyl sites for hydroxylation is 2. The number of rotatable bonds is 4. The molecule has 136 valence electrons. The molecule has 9 nitrogen and oxygen atoms in total. The van der Waals surface area contributed by atoms with Crippen LogP contribution in [0.3, 0.4) is 0 Å². The van der Waals surface area contributed by atoms with Crippen molar-refractivity contribution in [3.63, 3.8) is 0 Å². The molecule has 2 atom stereocenters. The number of carbonyl (C=O) groups excluding carboxylic acids is 1. The number of nitrogens with zero attached hydrogens (tertiary/aromatic N) is 4. The normalized spacial score (nSPS) is 19.8. The van der Waals surface area contributed by atoms with Crippen LogP contribution < -0.4 is 10.6 Å². The lowest BCUT2D eigenvalue weighted by Crippen LogP contribution is -2.42. The number of fused-ring (bicyclic) bond motifs is 1. The van der Waals surface area contributed by atoms with Gasteiger partial charge in [-0.2, -0.15) is 5.10 Å². The molecule has 0 unspecified atom stereocenters. The fourth-order valence-electron chi connectivity index (χ4n) is 3.17. The van der Waals surface area contributed by atoms with Crippen LogP contribution in [0.1, 0.15) is 17.3 Å². The second-order valence-corrected chi connectivity index (χ2v) is 6.49. The molecular weight excluding hydrogens is 336 g/mol. The molecule has 1 aliphatic heterocycles. The van der Waals surface area contributed by atoms with Gasteiger partial charge in [-0.3, -0.25) is 0 Å². The summed E-state index contributed by atoms with van der Waals surface area (Å²) in [7, 11) is 0. The molecule has 0 bridgehead atoms. The SMILES string of the molecule is Cc1cc(C[C@H]2COC[C@H]2NC(=O)Nc2cccn3nc(C)nc23)on1.